The number of benzene rings is 2. The van der Waals surface area contributed by atoms with E-state index in [9.17, 15) is 18.0 Å². The van der Waals surface area contributed by atoms with E-state index in [1.54, 1.807) is 29.2 Å². The fraction of sp³-hybridized carbons (Fsp3) is 0.316. The fourth-order valence-corrected chi connectivity index (χ4v) is 3.96. The van der Waals surface area contributed by atoms with Crippen molar-refractivity contribution in [1.82, 2.24) is 4.90 Å². The van der Waals surface area contributed by atoms with Crippen LogP contribution in [0.4, 0.5) is 18.9 Å². The minimum Gasteiger partial charge on any atom is -0.291 e. The minimum atomic E-state index is -4.38. The number of amides is 1. The van der Waals surface area contributed by atoms with Crippen LogP contribution >= 0.6 is 11.6 Å². The molecule has 2 aliphatic rings. The number of hydrogen-bond acceptors (Lipinski definition) is 2. The molecule has 0 unspecified atom stereocenters. The van der Waals surface area contributed by atoms with Gasteiger partial charge in [0.05, 0.1) is 11.6 Å². The molecule has 0 bridgehead atoms. The maximum absolute atomic E-state index is 13.0. The largest absolute Gasteiger partial charge is 0.416 e. The van der Waals surface area contributed by atoms with E-state index in [1.165, 1.54) is 12.1 Å². The van der Waals surface area contributed by atoms with E-state index in [0.717, 1.165) is 31.5 Å². The summed E-state index contributed by atoms with van der Waals surface area (Å²) in [7, 11) is 0. The van der Waals surface area contributed by atoms with Crippen LogP contribution in [0, 0.1) is 0 Å². The summed E-state index contributed by atoms with van der Waals surface area (Å²) in [6.45, 7) is 0.742. The van der Waals surface area contributed by atoms with Gasteiger partial charge in [-0.3, -0.25) is 14.6 Å². The molecule has 0 radical (unpaired) electrons. The lowest BCUT2D eigenvalue weighted by molar-refractivity contribution is -0.137. The highest BCUT2D eigenvalue weighted by Gasteiger charge is 2.49. The molecule has 0 saturated carbocycles. The molecule has 2 heterocycles. The highest BCUT2D eigenvalue weighted by Crippen LogP contribution is 2.43. The Kier molecular flexibility index (Phi) is 4.20. The summed E-state index contributed by atoms with van der Waals surface area (Å²) >= 11 is 5.94. The van der Waals surface area contributed by atoms with Crippen LogP contribution in [0.3, 0.4) is 0 Å². The van der Waals surface area contributed by atoms with Crippen molar-refractivity contribution in [2.24, 2.45) is 0 Å². The Morgan fingerprint density at radius 3 is 2.27 bits per heavy atom. The first-order valence-electron chi connectivity index (χ1n) is 8.38. The zero-order valence-electron chi connectivity index (χ0n) is 13.7. The van der Waals surface area contributed by atoms with Gasteiger partial charge in [0.15, 0.2) is 0 Å². The van der Waals surface area contributed by atoms with E-state index >= 15 is 0 Å². The van der Waals surface area contributed by atoms with Crippen molar-refractivity contribution in [3.8, 4) is 0 Å². The predicted molar refractivity (Wildman–Crippen MR) is 92.9 cm³/mol. The molecule has 2 atom stereocenters. The normalized spacial score (nSPS) is 23.5. The summed E-state index contributed by atoms with van der Waals surface area (Å²) in [5.41, 5.74) is 0.672. The average molecular weight is 381 g/mol. The lowest BCUT2D eigenvalue weighted by Crippen LogP contribution is -2.32. The second-order valence-corrected chi connectivity index (χ2v) is 7.01. The third-order valence-corrected chi connectivity index (χ3v) is 5.27. The predicted octanol–water partition coefficient (Wildman–Crippen LogP) is 4.87. The van der Waals surface area contributed by atoms with Crippen molar-refractivity contribution in [2.75, 3.05) is 11.4 Å². The smallest absolute Gasteiger partial charge is 0.291 e. The van der Waals surface area contributed by atoms with Gasteiger partial charge in [-0.25, -0.2) is 0 Å². The number of hydrogen-bond donors (Lipinski definition) is 0. The van der Waals surface area contributed by atoms with Gasteiger partial charge in [0, 0.05) is 17.3 Å². The van der Waals surface area contributed by atoms with Crippen LogP contribution in [-0.2, 0) is 11.0 Å². The Morgan fingerprint density at radius 1 is 1.00 bits per heavy atom. The van der Waals surface area contributed by atoms with Crippen molar-refractivity contribution in [1.29, 1.82) is 0 Å². The average Bonchev–Trinajstić information content (AvgIpc) is 3.17. The number of halogens is 4. The molecule has 0 aromatic heterocycles. The lowest BCUT2D eigenvalue weighted by atomic mass is 10.1. The highest BCUT2D eigenvalue weighted by atomic mass is 35.5. The van der Waals surface area contributed by atoms with Crippen molar-refractivity contribution in [3.05, 3.63) is 64.7 Å². The fourth-order valence-electron chi connectivity index (χ4n) is 3.83. The van der Waals surface area contributed by atoms with Gasteiger partial charge in [-0.15, -0.1) is 0 Å². The molecule has 1 amide bonds. The third kappa shape index (κ3) is 2.87. The molecule has 2 aromatic rings. The summed E-state index contributed by atoms with van der Waals surface area (Å²) in [6, 6.07) is 11.8. The summed E-state index contributed by atoms with van der Waals surface area (Å²) in [5, 5.41) is 0.562. The minimum absolute atomic E-state index is 0.0188. The van der Waals surface area contributed by atoms with Crippen LogP contribution < -0.4 is 4.90 Å². The van der Waals surface area contributed by atoms with E-state index in [1.807, 2.05) is 0 Å². The number of carbonyl (C=O) groups excluding carboxylic acids is 1. The Bertz CT molecular complexity index is 820. The summed E-state index contributed by atoms with van der Waals surface area (Å²) in [5.74, 6) is -0.0188. The first kappa shape index (κ1) is 17.4. The van der Waals surface area contributed by atoms with E-state index in [0.29, 0.717) is 16.3 Å². The molecule has 4 rings (SSSR count). The van der Waals surface area contributed by atoms with Gasteiger partial charge in [0.2, 0.25) is 5.91 Å². The van der Waals surface area contributed by atoms with Crippen LogP contribution in [0.2, 0.25) is 5.02 Å². The van der Waals surface area contributed by atoms with Crippen LogP contribution in [0.1, 0.15) is 30.1 Å². The Hall–Kier alpha value is -2.05. The maximum Gasteiger partial charge on any atom is 0.416 e. The SMILES string of the molecule is O=C1[C@@H]2CCCN2[C@@H](c2ccc(C(F)(F)F)cc2)N1c1ccc(Cl)cc1. The van der Waals surface area contributed by atoms with Crippen LogP contribution in [0.15, 0.2) is 48.5 Å². The zero-order valence-corrected chi connectivity index (χ0v) is 14.5. The van der Waals surface area contributed by atoms with E-state index in [4.69, 9.17) is 11.6 Å². The highest BCUT2D eigenvalue weighted by molar-refractivity contribution is 6.30. The van der Waals surface area contributed by atoms with Gasteiger partial charge in [0.1, 0.15) is 6.17 Å². The van der Waals surface area contributed by atoms with Crippen molar-refractivity contribution in [2.45, 2.75) is 31.2 Å². The summed E-state index contributed by atoms with van der Waals surface area (Å²) < 4.78 is 38.6. The molecule has 136 valence electrons. The number of alkyl halides is 3. The lowest BCUT2D eigenvalue weighted by Gasteiger charge is -2.30. The van der Waals surface area contributed by atoms with E-state index in [-0.39, 0.29) is 11.9 Å². The number of nitrogens with zero attached hydrogens (tertiary/aromatic N) is 2. The Morgan fingerprint density at radius 2 is 1.65 bits per heavy atom. The zero-order chi connectivity index (χ0) is 18.5. The van der Waals surface area contributed by atoms with Gasteiger partial charge in [-0.05, 0) is 54.8 Å². The molecule has 0 aliphatic carbocycles. The molecule has 0 spiro atoms. The first-order chi connectivity index (χ1) is 12.4. The topological polar surface area (TPSA) is 23.6 Å². The van der Waals surface area contributed by atoms with Gasteiger partial charge < -0.3 is 0 Å². The van der Waals surface area contributed by atoms with Crippen LogP contribution in [-0.4, -0.2) is 23.4 Å². The maximum atomic E-state index is 13.0. The molecule has 3 nitrogen and oxygen atoms in total. The Balaban J connectivity index is 1.75. The number of anilines is 1. The van der Waals surface area contributed by atoms with Gasteiger partial charge in [-0.2, -0.15) is 13.2 Å². The molecular weight excluding hydrogens is 365 g/mol. The van der Waals surface area contributed by atoms with Crippen molar-refractivity contribution < 1.29 is 18.0 Å². The summed E-state index contributed by atoms with van der Waals surface area (Å²) in [4.78, 5) is 16.7. The van der Waals surface area contributed by atoms with E-state index in [2.05, 4.69) is 4.90 Å². The number of carbonyl (C=O) groups is 1. The quantitative estimate of drug-likeness (QED) is 0.742. The summed E-state index contributed by atoms with van der Waals surface area (Å²) in [6.07, 6.45) is -3.11. The molecule has 7 heteroatoms. The molecule has 26 heavy (non-hydrogen) atoms. The second-order valence-electron chi connectivity index (χ2n) is 6.57. The molecular formula is C19H16ClF3N2O. The monoisotopic (exact) mass is 380 g/mol. The molecule has 0 N–H and O–H groups in total. The van der Waals surface area contributed by atoms with E-state index < -0.39 is 17.9 Å². The third-order valence-electron chi connectivity index (χ3n) is 5.02. The van der Waals surface area contributed by atoms with Gasteiger partial charge >= 0.3 is 6.18 Å². The number of rotatable bonds is 2. The van der Waals surface area contributed by atoms with Crippen LogP contribution in [0.5, 0.6) is 0 Å². The van der Waals surface area contributed by atoms with Gasteiger partial charge in [-0.1, -0.05) is 23.7 Å². The first-order valence-corrected chi connectivity index (χ1v) is 8.75. The van der Waals surface area contributed by atoms with Gasteiger partial charge in [0.25, 0.3) is 0 Å². The Labute approximate surface area is 154 Å². The molecule has 2 fully saturated rings. The van der Waals surface area contributed by atoms with Crippen molar-refractivity contribution >= 4 is 23.2 Å². The standard InChI is InChI=1S/C19H16ClF3N2O/c20-14-7-9-15(10-8-14)25-17(24-11-1-2-16(24)18(25)26)12-3-5-13(6-4-12)19(21,22)23/h3-10,16-17H,1-2,11H2/t16-,17+/m0/s1. The molecule has 2 aliphatic heterocycles. The van der Waals surface area contributed by atoms with Crippen LogP contribution in [0.25, 0.3) is 0 Å². The number of fused-ring (bicyclic) bond motifs is 1. The molecule has 2 aromatic carbocycles. The van der Waals surface area contributed by atoms with Crippen molar-refractivity contribution in [3.63, 3.8) is 0 Å². The second kappa shape index (κ2) is 6.28. The molecule has 2 saturated heterocycles.